The van der Waals surface area contributed by atoms with Crippen molar-refractivity contribution in [1.82, 2.24) is 0 Å². The summed E-state index contributed by atoms with van der Waals surface area (Å²) in [4.78, 5) is 21.1. The molecule has 6 nitrogen and oxygen atoms in total. The summed E-state index contributed by atoms with van der Waals surface area (Å²) in [6.45, 7) is -0.164. The first-order valence-corrected chi connectivity index (χ1v) is 4.53. The molecule has 1 aromatic rings. The summed E-state index contributed by atoms with van der Waals surface area (Å²) in [5, 5.41) is 0. The number of nitrogens with two attached hydrogens (primary N) is 2. The van der Waals surface area contributed by atoms with Crippen LogP contribution in [0.4, 0.5) is 9.59 Å². The molecule has 0 saturated heterocycles. The van der Waals surface area contributed by atoms with Gasteiger partial charge in [0.05, 0.1) is 0 Å². The molecule has 0 aliphatic rings. The Morgan fingerprint density at radius 3 is 2.25 bits per heavy atom. The lowest BCUT2D eigenvalue weighted by Gasteiger charge is -2.16. The molecule has 0 heterocycles. The lowest BCUT2D eigenvalue weighted by molar-refractivity contribution is 0.0512. The van der Waals surface area contributed by atoms with Crippen LogP contribution in [0.1, 0.15) is 11.7 Å². The Labute approximate surface area is 92.1 Å². The molecule has 0 spiro atoms. The Morgan fingerprint density at radius 1 is 1.12 bits per heavy atom. The van der Waals surface area contributed by atoms with E-state index in [1.54, 1.807) is 30.3 Å². The van der Waals surface area contributed by atoms with E-state index in [1.165, 1.54) is 0 Å². The summed E-state index contributed by atoms with van der Waals surface area (Å²) < 4.78 is 9.36. The third kappa shape index (κ3) is 3.87. The quantitative estimate of drug-likeness (QED) is 0.793. The molecular weight excluding hydrogens is 212 g/mol. The average molecular weight is 224 g/mol. The van der Waals surface area contributed by atoms with Crippen molar-refractivity contribution < 1.29 is 19.1 Å². The molecule has 0 aliphatic heterocycles. The van der Waals surface area contributed by atoms with Gasteiger partial charge in [-0.3, -0.25) is 0 Å². The minimum absolute atomic E-state index is 0.164. The van der Waals surface area contributed by atoms with Gasteiger partial charge < -0.3 is 20.9 Å². The fourth-order valence-corrected chi connectivity index (χ4v) is 1.16. The zero-order chi connectivity index (χ0) is 12.0. The van der Waals surface area contributed by atoms with Crippen molar-refractivity contribution in [2.75, 3.05) is 6.61 Å². The molecule has 16 heavy (non-hydrogen) atoms. The van der Waals surface area contributed by atoms with Crippen molar-refractivity contribution in [2.24, 2.45) is 11.5 Å². The second-order valence-electron chi connectivity index (χ2n) is 2.97. The number of primary amides is 2. The second kappa shape index (κ2) is 5.59. The fourth-order valence-electron chi connectivity index (χ4n) is 1.16. The molecule has 2 amide bonds. The average Bonchev–Trinajstić information content (AvgIpc) is 2.25. The van der Waals surface area contributed by atoms with Crippen LogP contribution in [-0.4, -0.2) is 18.8 Å². The van der Waals surface area contributed by atoms with Gasteiger partial charge in [0.15, 0.2) is 6.10 Å². The molecule has 1 atom stereocenters. The molecular formula is C10H12N2O4. The number of rotatable bonds is 4. The monoisotopic (exact) mass is 224 g/mol. The molecule has 0 bridgehead atoms. The minimum atomic E-state index is -0.943. The highest BCUT2D eigenvalue weighted by atomic mass is 16.6. The van der Waals surface area contributed by atoms with E-state index >= 15 is 0 Å². The maximum atomic E-state index is 10.7. The summed E-state index contributed by atoms with van der Waals surface area (Å²) in [6.07, 6.45) is -2.62. The van der Waals surface area contributed by atoms with E-state index in [1.807, 2.05) is 0 Å². The van der Waals surface area contributed by atoms with E-state index in [0.717, 1.165) is 0 Å². The highest BCUT2D eigenvalue weighted by Gasteiger charge is 2.16. The number of amides is 2. The van der Waals surface area contributed by atoms with Crippen molar-refractivity contribution in [3.63, 3.8) is 0 Å². The highest BCUT2D eigenvalue weighted by molar-refractivity contribution is 5.66. The van der Waals surface area contributed by atoms with Crippen LogP contribution in [0, 0.1) is 0 Å². The lowest BCUT2D eigenvalue weighted by Crippen LogP contribution is -2.24. The lowest BCUT2D eigenvalue weighted by atomic mass is 10.1. The van der Waals surface area contributed by atoms with Gasteiger partial charge in [-0.2, -0.15) is 0 Å². The predicted octanol–water partition coefficient (Wildman–Crippen LogP) is 0.918. The minimum Gasteiger partial charge on any atom is -0.445 e. The largest absolute Gasteiger partial charge is 0.445 e. The van der Waals surface area contributed by atoms with Gasteiger partial charge >= 0.3 is 12.2 Å². The molecule has 86 valence electrons. The standard InChI is InChI=1S/C10H12N2O4/c11-9(13)15-6-8(16-10(12)14)7-4-2-1-3-5-7/h1-5,8H,6H2,(H2,11,13)(H2,12,14). The second-order valence-corrected chi connectivity index (χ2v) is 2.97. The molecule has 1 aromatic carbocycles. The van der Waals surface area contributed by atoms with Crippen LogP contribution in [0.3, 0.4) is 0 Å². The Balaban J connectivity index is 2.71. The number of hydrogen-bond donors (Lipinski definition) is 2. The highest BCUT2D eigenvalue weighted by Crippen LogP contribution is 2.17. The molecule has 0 aromatic heterocycles. The van der Waals surface area contributed by atoms with Crippen molar-refractivity contribution >= 4 is 12.2 Å². The van der Waals surface area contributed by atoms with E-state index in [-0.39, 0.29) is 6.61 Å². The van der Waals surface area contributed by atoms with E-state index < -0.39 is 18.3 Å². The number of ether oxygens (including phenoxy) is 2. The van der Waals surface area contributed by atoms with E-state index in [2.05, 4.69) is 4.74 Å². The van der Waals surface area contributed by atoms with Gasteiger partial charge in [-0.05, 0) is 5.56 Å². The van der Waals surface area contributed by atoms with Crippen molar-refractivity contribution in [3.8, 4) is 0 Å². The fraction of sp³-hybridized carbons (Fsp3) is 0.200. The summed E-state index contributed by atoms with van der Waals surface area (Å²) in [6, 6.07) is 8.77. The van der Waals surface area contributed by atoms with Crippen LogP contribution in [0.25, 0.3) is 0 Å². The number of benzene rings is 1. The maximum absolute atomic E-state index is 10.7. The summed E-state index contributed by atoms with van der Waals surface area (Å²) in [5.41, 5.74) is 10.4. The van der Waals surface area contributed by atoms with Gasteiger partial charge in [-0.15, -0.1) is 0 Å². The third-order valence-corrected chi connectivity index (χ3v) is 1.81. The van der Waals surface area contributed by atoms with Gasteiger partial charge in [-0.25, -0.2) is 9.59 Å². The van der Waals surface area contributed by atoms with Crippen LogP contribution in [-0.2, 0) is 9.47 Å². The van der Waals surface area contributed by atoms with E-state index in [0.29, 0.717) is 5.56 Å². The van der Waals surface area contributed by atoms with Gasteiger partial charge in [0.25, 0.3) is 0 Å². The van der Waals surface area contributed by atoms with Gasteiger partial charge in [-0.1, -0.05) is 30.3 Å². The zero-order valence-corrected chi connectivity index (χ0v) is 8.46. The first kappa shape index (κ1) is 11.8. The van der Waals surface area contributed by atoms with Crippen LogP contribution in [0.15, 0.2) is 30.3 Å². The number of hydrogen-bond acceptors (Lipinski definition) is 4. The Kier molecular flexibility index (Phi) is 4.14. The molecule has 1 unspecified atom stereocenters. The molecule has 0 radical (unpaired) electrons. The SMILES string of the molecule is NC(=O)OCC(OC(N)=O)c1ccccc1. The van der Waals surface area contributed by atoms with E-state index in [4.69, 9.17) is 16.2 Å². The first-order valence-electron chi connectivity index (χ1n) is 4.53. The van der Waals surface area contributed by atoms with Crippen molar-refractivity contribution in [2.45, 2.75) is 6.10 Å². The van der Waals surface area contributed by atoms with E-state index in [9.17, 15) is 9.59 Å². The Hall–Kier alpha value is -2.24. The molecule has 0 saturated carbocycles. The van der Waals surface area contributed by atoms with Crippen LogP contribution in [0.5, 0.6) is 0 Å². The number of carbonyl (C=O) groups excluding carboxylic acids is 2. The summed E-state index contributed by atoms with van der Waals surface area (Å²) in [7, 11) is 0. The molecule has 0 aliphatic carbocycles. The van der Waals surface area contributed by atoms with Gasteiger partial charge in [0.2, 0.25) is 0 Å². The topological polar surface area (TPSA) is 105 Å². The smallest absolute Gasteiger partial charge is 0.405 e. The first-order chi connectivity index (χ1) is 7.59. The Morgan fingerprint density at radius 2 is 1.75 bits per heavy atom. The van der Waals surface area contributed by atoms with Crippen LogP contribution in [0.2, 0.25) is 0 Å². The molecule has 1 rings (SSSR count). The molecule has 6 heteroatoms. The summed E-state index contributed by atoms with van der Waals surface area (Å²) in [5.74, 6) is 0. The number of carbonyl (C=O) groups is 2. The third-order valence-electron chi connectivity index (χ3n) is 1.81. The maximum Gasteiger partial charge on any atom is 0.405 e. The predicted molar refractivity (Wildman–Crippen MR) is 55.4 cm³/mol. The Bertz CT molecular complexity index is 366. The van der Waals surface area contributed by atoms with Crippen LogP contribution >= 0.6 is 0 Å². The van der Waals surface area contributed by atoms with Gasteiger partial charge in [0.1, 0.15) is 6.61 Å². The zero-order valence-electron chi connectivity index (χ0n) is 8.46. The van der Waals surface area contributed by atoms with Crippen molar-refractivity contribution in [1.29, 1.82) is 0 Å². The summed E-state index contributed by atoms with van der Waals surface area (Å²) >= 11 is 0. The van der Waals surface area contributed by atoms with Crippen molar-refractivity contribution in [3.05, 3.63) is 35.9 Å². The molecule has 0 fully saturated rings. The molecule has 4 N–H and O–H groups in total. The van der Waals surface area contributed by atoms with Gasteiger partial charge in [0, 0.05) is 0 Å². The van der Waals surface area contributed by atoms with Crippen LogP contribution < -0.4 is 11.5 Å². The normalized spacial score (nSPS) is 11.5.